The molecule has 5 heterocycles. The van der Waals surface area contributed by atoms with E-state index in [1.807, 2.05) is 37.3 Å². The molecular formula is C31H34N6O5S2. The summed E-state index contributed by atoms with van der Waals surface area (Å²) in [5, 5.41) is 1.06. The van der Waals surface area contributed by atoms with E-state index in [1.165, 1.54) is 23.1 Å². The molecule has 13 heteroatoms. The van der Waals surface area contributed by atoms with E-state index in [2.05, 4.69) is 14.3 Å². The van der Waals surface area contributed by atoms with Gasteiger partial charge in [0.15, 0.2) is 23.2 Å². The van der Waals surface area contributed by atoms with Crippen molar-refractivity contribution in [2.45, 2.75) is 87.2 Å². The third kappa shape index (κ3) is 7.01. The Kier molecular flexibility index (Phi) is 8.81. The first-order chi connectivity index (χ1) is 21.2. The van der Waals surface area contributed by atoms with Crippen LogP contribution >= 0.6 is 23.3 Å². The molecule has 1 aliphatic carbocycles. The van der Waals surface area contributed by atoms with Gasteiger partial charge in [0.2, 0.25) is 5.13 Å². The number of anilines is 2. The summed E-state index contributed by atoms with van der Waals surface area (Å²) in [5.74, 6) is 0.903. The van der Waals surface area contributed by atoms with Crippen molar-refractivity contribution in [3.8, 4) is 11.5 Å². The second kappa shape index (κ2) is 12.8. The number of nitrogens with zero attached hydrogens (tertiary/aromatic N) is 6. The van der Waals surface area contributed by atoms with Crippen molar-refractivity contribution in [2.75, 3.05) is 11.5 Å². The molecule has 2 fully saturated rings. The van der Waals surface area contributed by atoms with Crippen LogP contribution in [0.2, 0.25) is 0 Å². The van der Waals surface area contributed by atoms with Gasteiger partial charge in [-0.15, -0.1) is 0 Å². The minimum atomic E-state index is -0.783. The van der Waals surface area contributed by atoms with Crippen LogP contribution in [0.15, 0.2) is 64.9 Å². The second-order valence-electron chi connectivity index (χ2n) is 11.6. The predicted octanol–water partition coefficient (Wildman–Crippen LogP) is 7.80. The first-order valence-corrected chi connectivity index (χ1v) is 16.1. The molecule has 0 unspecified atom stereocenters. The number of carbonyl (C=O) groups excluding carboxylic acids is 1. The predicted molar refractivity (Wildman–Crippen MR) is 166 cm³/mol. The average Bonchev–Trinajstić information content (AvgIpc) is 3.63. The molecule has 1 amide bonds. The van der Waals surface area contributed by atoms with Crippen LogP contribution in [0.3, 0.4) is 0 Å². The van der Waals surface area contributed by atoms with Crippen molar-refractivity contribution >= 4 is 40.3 Å². The van der Waals surface area contributed by atoms with E-state index in [0.29, 0.717) is 29.6 Å². The molecule has 0 radical (unpaired) electrons. The van der Waals surface area contributed by atoms with Crippen LogP contribution < -0.4 is 9.64 Å². The van der Waals surface area contributed by atoms with Gasteiger partial charge in [-0.3, -0.25) is 4.98 Å². The Morgan fingerprint density at radius 2 is 1.89 bits per heavy atom. The van der Waals surface area contributed by atoms with Crippen LogP contribution in [0.25, 0.3) is 0 Å². The van der Waals surface area contributed by atoms with Gasteiger partial charge < -0.3 is 18.9 Å². The van der Waals surface area contributed by atoms with Crippen molar-refractivity contribution in [1.29, 1.82) is 0 Å². The van der Waals surface area contributed by atoms with Crippen molar-refractivity contribution in [3.05, 3.63) is 66.5 Å². The Morgan fingerprint density at radius 1 is 1.07 bits per heavy atom. The third-order valence-electron chi connectivity index (χ3n) is 7.01. The van der Waals surface area contributed by atoms with E-state index in [-0.39, 0.29) is 10.9 Å². The minimum absolute atomic E-state index is 0.197. The molecule has 0 bridgehead atoms. The summed E-state index contributed by atoms with van der Waals surface area (Å²) >= 11 is 2.48. The smallest absolute Gasteiger partial charge is 0.422 e. The van der Waals surface area contributed by atoms with E-state index >= 15 is 0 Å². The summed E-state index contributed by atoms with van der Waals surface area (Å²) in [7, 11) is 0. The van der Waals surface area contributed by atoms with Crippen molar-refractivity contribution in [2.24, 2.45) is 0 Å². The molecule has 1 atom stereocenters. The Bertz CT molecular complexity index is 1610. The van der Waals surface area contributed by atoms with Crippen LogP contribution in [0.4, 0.5) is 15.7 Å². The van der Waals surface area contributed by atoms with Crippen LogP contribution in [-0.4, -0.2) is 48.4 Å². The zero-order valence-corrected chi connectivity index (χ0v) is 26.7. The van der Waals surface area contributed by atoms with Gasteiger partial charge in [-0.25, -0.2) is 14.8 Å². The lowest BCUT2D eigenvalue weighted by Gasteiger charge is -2.31. The molecule has 1 saturated carbocycles. The van der Waals surface area contributed by atoms with Gasteiger partial charge in [-0.1, -0.05) is 24.2 Å². The van der Waals surface area contributed by atoms with Gasteiger partial charge in [0, 0.05) is 53.9 Å². The SMILES string of the molecule is Cc1ncccc1Oc1cc(Sc2ccccn2)cnc1N(C(=O)OC(C)(C)C)c1nc([C@H]2COC3(CCCCC3)O2)ns1. The fourth-order valence-electron chi connectivity index (χ4n) is 4.99. The van der Waals surface area contributed by atoms with Crippen molar-refractivity contribution in [1.82, 2.24) is 24.3 Å². The monoisotopic (exact) mass is 634 g/mol. The number of carbonyl (C=O) groups is 1. The zero-order chi connectivity index (χ0) is 30.7. The highest BCUT2D eigenvalue weighted by Crippen LogP contribution is 2.44. The number of hydrogen-bond acceptors (Lipinski definition) is 12. The fourth-order valence-corrected chi connectivity index (χ4v) is 6.47. The summed E-state index contributed by atoms with van der Waals surface area (Å²) < 4.78 is 29.3. The summed E-state index contributed by atoms with van der Waals surface area (Å²) in [6.45, 7) is 7.62. The lowest BCUT2D eigenvalue weighted by molar-refractivity contribution is -0.188. The van der Waals surface area contributed by atoms with Gasteiger partial charge >= 0.3 is 6.09 Å². The molecule has 1 spiro atoms. The van der Waals surface area contributed by atoms with Crippen molar-refractivity contribution < 1.29 is 23.7 Å². The van der Waals surface area contributed by atoms with E-state index < -0.39 is 23.6 Å². The first-order valence-electron chi connectivity index (χ1n) is 14.5. The maximum atomic E-state index is 13.8. The standard InChI is InChI=1S/C31H34N6O5S2/c1-20-22(11-10-16-32-20)40-23-17-21(43-25-12-6-9-15-33-25)18-34-27(23)37(29(38)42-30(2,3)4)28-35-26(36-44-28)24-19-39-31(41-24)13-7-5-8-14-31/h6,9-12,15-18,24H,5,7-8,13-14,19H2,1-4H3/t24-/m1/s1. The van der Waals surface area contributed by atoms with Gasteiger partial charge in [0.1, 0.15) is 22.5 Å². The Hall–Kier alpha value is -3.65. The highest BCUT2D eigenvalue weighted by molar-refractivity contribution is 7.99. The summed E-state index contributed by atoms with van der Waals surface area (Å²) in [5.41, 5.74) is -0.104. The average molecular weight is 635 g/mol. The Balaban J connectivity index is 1.38. The summed E-state index contributed by atoms with van der Waals surface area (Å²) in [6.07, 6.45) is 9.00. The molecule has 0 aromatic carbocycles. The number of aromatic nitrogens is 5. The molecule has 230 valence electrons. The van der Waals surface area contributed by atoms with E-state index in [4.69, 9.17) is 28.9 Å². The maximum Gasteiger partial charge on any atom is 0.422 e. The number of aryl methyl sites for hydroxylation is 1. The highest BCUT2D eigenvalue weighted by Gasteiger charge is 2.44. The van der Waals surface area contributed by atoms with Crippen LogP contribution in [0.5, 0.6) is 11.5 Å². The van der Waals surface area contributed by atoms with Gasteiger partial charge in [0.05, 0.1) is 12.3 Å². The lowest BCUT2D eigenvalue weighted by Crippen LogP contribution is -2.34. The molecule has 44 heavy (non-hydrogen) atoms. The Labute approximate surface area is 264 Å². The molecule has 11 nitrogen and oxygen atoms in total. The normalized spacial score (nSPS) is 17.9. The number of pyridine rings is 3. The van der Waals surface area contributed by atoms with Crippen molar-refractivity contribution in [3.63, 3.8) is 0 Å². The number of amides is 1. The molecule has 2 aliphatic rings. The van der Waals surface area contributed by atoms with E-state index in [1.54, 1.807) is 45.4 Å². The molecule has 0 N–H and O–H groups in total. The van der Waals surface area contributed by atoms with E-state index in [9.17, 15) is 4.79 Å². The van der Waals surface area contributed by atoms with Crippen LogP contribution in [0.1, 0.15) is 70.5 Å². The summed E-state index contributed by atoms with van der Waals surface area (Å²) in [6, 6.07) is 11.1. The molecule has 4 aromatic rings. The molecular weight excluding hydrogens is 601 g/mol. The molecule has 1 saturated heterocycles. The van der Waals surface area contributed by atoms with Gasteiger partial charge in [-0.05, 0) is 64.8 Å². The Morgan fingerprint density at radius 3 is 2.64 bits per heavy atom. The van der Waals surface area contributed by atoms with Crippen LogP contribution in [-0.2, 0) is 14.2 Å². The first kappa shape index (κ1) is 30.4. The number of ether oxygens (including phenoxy) is 4. The third-order valence-corrected chi connectivity index (χ3v) is 8.64. The highest BCUT2D eigenvalue weighted by atomic mass is 32.2. The van der Waals surface area contributed by atoms with Gasteiger partial charge in [0.25, 0.3) is 0 Å². The molecule has 6 rings (SSSR count). The molecule has 1 aliphatic heterocycles. The fraction of sp³-hybridized carbons (Fsp3) is 0.419. The number of hydrogen-bond donors (Lipinski definition) is 0. The maximum absolute atomic E-state index is 13.8. The number of rotatable bonds is 7. The minimum Gasteiger partial charge on any atom is -0.451 e. The quantitative estimate of drug-likeness (QED) is 0.198. The van der Waals surface area contributed by atoms with Gasteiger partial charge in [-0.2, -0.15) is 14.3 Å². The van der Waals surface area contributed by atoms with Crippen LogP contribution in [0, 0.1) is 6.92 Å². The lowest BCUT2D eigenvalue weighted by atomic mass is 9.94. The largest absolute Gasteiger partial charge is 0.451 e. The van der Waals surface area contributed by atoms with E-state index in [0.717, 1.165) is 47.1 Å². The second-order valence-corrected chi connectivity index (χ2v) is 13.4. The summed E-state index contributed by atoms with van der Waals surface area (Å²) in [4.78, 5) is 34.1. The zero-order valence-electron chi connectivity index (χ0n) is 25.1. The molecule has 4 aromatic heterocycles. The topological polar surface area (TPSA) is 122 Å².